The molecule has 0 aliphatic heterocycles. The summed E-state index contributed by atoms with van der Waals surface area (Å²) >= 11 is 0. The third-order valence-corrected chi connectivity index (χ3v) is 4.30. The van der Waals surface area contributed by atoms with Gasteiger partial charge in [0.25, 0.3) is 5.91 Å². The number of carbonyl (C=O) groups excluding carboxylic acids is 2. The van der Waals surface area contributed by atoms with Gasteiger partial charge in [0.05, 0.1) is 6.61 Å². The van der Waals surface area contributed by atoms with Crippen LogP contribution in [-0.4, -0.2) is 29.6 Å². The molecule has 0 bridgehead atoms. The molecule has 1 atom stereocenters. The highest BCUT2D eigenvalue weighted by atomic mass is 16.5. The van der Waals surface area contributed by atoms with E-state index in [1.54, 1.807) is 30.5 Å². The molecule has 1 aromatic carbocycles. The van der Waals surface area contributed by atoms with Gasteiger partial charge < -0.3 is 20.7 Å². The van der Waals surface area contributed by atoms with Crippen molar-refractivity contribution in [1.82, 2.24) is 15.6 Å². The van der Waals surface area contributed by atoms with Gasteiger partial charge in [-0.3, -0.25) is 4.79 Å². The minimum atomic E-state index is -0.341. The molecule has 0 fully saturated rings. The lowest BCUT2D eigenvalue weighted by molar-refractivity contribution is 0.0939. The zero-order chi connectivity index (χ0) is 20.5. The second kappa shape index (κ2) is 10.3. The summed E-state index contributed by atoms with van der Waals surface area (Å²) in [7, 11) is 0. The van der Waals surface area contributed by atoms with E-state index in [9.17, 15) is 9.59 Å². The average Bonchev–Trinajstić information content (AvgIpc) is 2.69. The Morgan fingerprint density at radius 2 is 2.00 bits per heavy atom. The number of aromatic nitrogens is 1. The quantitative estimate of drug-likeness (QED) is 0.648. The van der Waals surface area contributed by atoms with Gasteiger partial charge in [0.15, 0.2) is 0 Å². The molecule has 1 heterocycles. The fourth-order valence-electron chi connectivity index (χ4n) is 2.52. The highest BCUT2D eigenvalue weighted by Gasteiger charge is 2.12. The van der Waals surface area contributed by atoms with Crippen LogP contribution in [0.3, 0.4) is 0 Å². The Labute approximate surface area is 165 Å². The molecule has 7 nitrogen and oxygen atoms in total. The Kier molecular flexibility index (Phi) is 7.80. The van der Waals surface area contributed by atoms with Gasteiger partial charge in [0.1, 0.15) is 0 Å². The smallest absolute Gasteiger partial charge is 0.319 e. The van der Waals surface area contributed by atoms with Crippen molar-refractivity contribution in [2.75, 3.05) is 11.9 Å². The molecule has 28 heavy (non-hydrogen) atoms. The van der Waals surface area contributed by atoms with Crippen LogP contribution in [0.2, 0.25) is 0 Å². The molecular formula is C21H28N4O3. The number of urea groups is 1. The van der Waals surface area contributed by atoms with Gasteiger partial charge in [0, 0.05) is 35.6 Å². The second-order valence-electron chi connectivity index (χ2n) is 6.52. The van der Waals surface area contributed by atoms with E-state index in [1.807, 2.05) is 33.8 Å². The second-order valence-corrected chi connectivity index (χ2v) is 6.52. The Hall–Kier alpha value is -3.09. The van der Waals surface area contributed by atoms with E-state index in [4.69, 9.17) is 4.74 Å². The Balaban J connectivity index is 1.96. The summed E-state index contributed by atoms with van der Waals surface area (Å²) in [6, 6.07) is 8.63. The van der Waals surface area contributed by atoms with Crippen molar-refractivity contribution in [2.24, 2.45) is 0 Å². The molecule has 0 saturated carbocycles. The summed E-state index contributed by atoms with van der Waals surface area (Å²) in [5, 5.41) is 8.53. The van der Waals surface area contributed by atoms with Crippen LogP contribution in [0.15, 0.2) is 36.5 Å². The van der Waals surface area contributed by atoms with Gasteiger partial charge in [0.2, 0.25) is 5.88 Å². The number of hydrogen-bond acceptors (Lipinski definition) is 4. The molecule has 2 aromatic rings. The molecule has 150 valence electrons. The number of aryl methyl sites for hydroxylation is 1. The van der Waals surface area contributed by atoms with Crippen LogP contribution in [-0.2, 0) is 6.54 Å². The molecule has 1 aromatic heterocycles. The minimum Gasteiger partial charge on any atom is -0.478 e. The van der Waals surface area contributed by atoms with Crippen LogP contribution < -0.4 is 20.7 Å². The highest BCUT2D eigenvalue weighted by molar-refractivity contribution is 5.96. The maximum absolute atomic E-state index is 12.2. The number of anilines is 1. The highest BCUT2D eigenvalue weighted by Crippen LogP contribution is 2.17. The maximum Gasteiger partial charge on any atom is 0.319 e. The van der Waals surface area contributed by atoms with Crippen LogP contribution in [0.4, 0.5) is 10.5 Å². The molecule has 7 heteroatoms. The van der Waals surface area contributed by atoms with Crippen molar-refractivity contribution in [3.05, 3.63) is 53.2 Å². The first kappa shape index (κ1) is 21.2. The van der Waals surface area contributed by atoms with Gasteiger partial charge in [-0.2, -0.15) is 0 Å². The van der Waals surface area contributed by atoms with Crippen molar-refractivity contribution < 1.29 is 14.3 Å². The first-order chi connectivity index (χ1) is 13.4. The average molecular weight is 384 g/mol. The van der Waals surface area contributed by atoms with Gasteiger partial charge in [-0.1, -0.05) is 13.0 Å². The number of carbonyl (C=O) groups is 2. The lowest BCUT2D eigenvalue weighted by Crippen LogP contribution is -2.32. The Morgan fingerprint density at radius 1 is 1.21 bits per heavy atom. The van der Waals surface area contributed by atoms with Gasteiger partial charge in [-0.15, -0.1) is 0 Å². The Morgan fingerprint density at radius 3 is 2.68 bits per heavy atom. The Bertz CT molecular complexity index is 823. The van der Waals surface area contributed by atoms with Crippen LogP contribution in [0, 0.1) is 6.92 Å². The maximum atomic E-state index is 12.2. The molecule has 0 spiro atoms. The minimum absolute atomic E-state index is 0.116. The topological polar surface area (TPSA) is 92.3 Å². The molecule has 0 radical (unpaired) electrons. The summed E-state index contributed by atoms with van der Waals surface area (Å²) in [6.07, 6.45) is 2.52. The summed E-state index contributed by atoms with van der Waals surface area (Å²) in [4.78, 5) is 28.6. The first-order valence-electron chi connectivity index (χ1n) is 9.47. The molecule has 0 saturated heterocycles. The molecule has 3 amide bonds. The van der Waals surface area contributed by atoms with E-state index in [0.717, 1.165) is 17.5 Å². The van der Waals surface area contributed by atoms with Gasteiger partial charge in [-0.05, 0) is 57.0 Å². The fraction of sp³-hybridized carbons (Fsp3) is 0.381. The number of ether oxygens (including phenoxy) is 1. The third kappa shape index (κ3) is 5.97. The van der Waals surface area contributed by atoms with Crippen molar-refractivity contribution >= 4 is 17.6 Å². The van der Waals surface area contributed by atoms with Gasteiger partial charge >= 0.3 is 6.03 Å². The van der Waals surface area contributed by atoms with E-state index in [0.29, 0.717) is 30.3 Å². The first-order valence-corrected chi connectivity index (χ1v) is 9.47. The summed E-state index contributed by atoms with van der Waals surface area (Å²) < 4.78 is 5.46. The fourth-order valence-corrected chi connectivity index (χ4v) is 2.52. The molecule has 1 unspecified atom stereocenters. The molecule has 2 rings (SSSR count). The zero-order valence-electron chi connectivity index (χ0n) is 16.8. The van der Waals surface area contributed by atoms with Crippen molar-refractivity contribution in [1.29, 1.82) is 0 Å². The monoisotopic (exact) mass is 384 g/mol. The van der Waals surface area contributed by atoms with Crippen LogP contribution >= 0.6 is 0 Å². The molecule has 0 aliphatic carbocycles. The standard InChI is InChI=1S/C21H28N4O3/c1-5-15(4)24-19(26)16-9-10-18(14(3)12-16)25-21(27)23-13-17-8-7-11-22-20(17)28-6-2/h7-12,15H,5-6,13H2,1-4H3,(H,24,26)(H2,23,25,27). The van der Waals surface area contributed by atoms with E-state index in [1.165, 1.54) is 0 Å². The number of pyridine rings is 1. The number of rotatable bonds is 8. The van der Waals surface area contributed by atoms with E-state index < -0.39 is 0 Å². The SMILES string of the molecule is CCOc1ncccc1CNC(=O)Nc1ccc(C(=O)NC(C)CC)cc1C. The van der Waals surface area contributed by atoms with E-state index in [2.05, 4.69) is 20.9 Å². The molecular weight excluding hydrogens is 356 g/mol. The number of hydrogen-bond donors (Lipinski definition) is 3. The summed E-state index contributed by atoms with van der Waals surface area (Å²) in [5.74, 6) is 0.395. The van der Waals surface area contributed by atoms with E-state index in [-0.39, 0.29) is 18.0 Å². The zero-order valence-corrected chi connectivity index (χ0v) is 16.8. The van der Waals surface area contributed by atoms with Crippen molar-refractivity contribution in [3.63, 3.8) is 0 Å². The van der Waals surface area contributed by atoms with E-state index >= 15 is 0 Å². The summed E-state index contributed by atoms with van der Waals surface area (Å²) in [6.45, 7) is 8.52. The van der Waals surface area contributed by atoms with Crippen LogP contribution in [0.1, 0.15) is 48.7 Å². The third-order valence-electron chi connectivity index (χ3n) is 4.30. The van der Waals surface area contributed by atoms with Crippen LogP contribution in [0.25, 0.3) is 0 Å². The van der Waals surface area contributed by atoms with Crippen LogP contribution in [0.5, 0.6) is 5.88 Å². The predicted octanol–water partition coefficient (Wildman–Crippen LogP) is 3.64. The lowest BCUT2D eigenvalue weighted by atomic mass is 10.1. The van der Waals surface area contributed by atoms with Crippen molar-refractivity contribution in [3.8, 4) is 5.88 Å². The molecule has 3 N–H and O–H groups in total. The number of nitrogens with one attached hydrogen (secondary N) is 3. The number of amides is 3. The lowest BCUT2D eigenvalue weighted by Gasteiger charge is -2.14. The number of benzene rings is 1. The summed E-state index contributed by atoms with van der Waals surface area (Å²) in [5.41, 5.74) is 2.82. The van der Waals surface area contributed by atoms with Crippen molar-refractivity contribution in [2.45, 2.75) is 46.7 Å². The predicted molar refractivity (Wildman–Crippen MR) is 110 cm³/mol. The van der Waals surface area contributed by atoms with Gasteiger partial charge in [-0.25, -0.2) is 9.78 Å². The normalized spacial score (nSPS) is 11.4. The molecule has 0 aliphatic rings. The number of nitrogens with zero attached hydrogens (tertiary/aromatic N) is 1. The largest absolute Gasteiger partial charge is 0.478 e.